The number of nitrogens with zero attached hydrogens (tertiary/aromatic N) is 1. The fraction of sp³-hybridized carbons (Fsp3) is 0.111. The molecule has 0 aliphatic rings. The number of aromatic amines is 1. The molecular formula is C9H8N2O2. The van der Waals surface area contributed by atoms with Gasteiger partial charge in [0.1, 0.15) is 0 Å². The van der Waals surface area contributed by atoms with Crippen molar-refractivity contribution in [2.24, 2.45) is 0 Å². The predicted octanol–water partition coefficient (Wildman–Crippen LogP) is 1.34. The Morgan fingerprint density at radius 1 is 1.46 bits per heavy atom. The standard InChI is InChI=1S/C9H8N2O2/c1-6-3-2-4-7(5-6)8-10-9(12)13-11-8/h2-5H,1H3,(H,10,11,12). The molecule has 0 amide bonds. The third kappa shape index (κ3) is 1.51. The Balaban J connectivity index is 2.52. The first-order valence-electron chi connectivity index (χ1n) is 3.88. The first-order chi connectivity index (χ1) is 6.25. The minimum atomic E-state index is -0.600. The minimum Gasteiger partial charge on any atom is -0.321 e. The predicted molar refractivity (Wildman–Crippen MR) is 47.3 cm³/mol. The van der Waals surface area contributed by atoms with E-state index in [2.05, 4.69) is 14.7 Å². The second-order valence-electron chi connectivity index (χ2n) is 2.80. The highest BCUT2D eigenvalue weighted by atomic mass is 16.5. The van der Waals surface area contributed by atoms with Crippen LogP contribution in [0.1, 0.15) is 5.56 Å². The Kier molecular flexibility index (Phi) is 1.73. The first-order valence-corrected chi connectivity index (χ1v) is 3.88. The zero-order valence-electron chi connectivity index (χ0n) is 7.07. The van der Waals surface area contributed by atoms with Gasteiger partial charge in [-0.25, -0.2) is 4.79 Å². The summed E-state index contributed by atoms with van der Waals surface area (Å²) in [6.07, 6.45) is 0. The lowest BCUT2D eigenvalue weighted by molar-refractivity contribution is 0.388. The van der Waals surface area contributed by atoms with Crippen LogP contribution in [0.5, 0.6) is 0 Å². The second-order valence-corrected chi connectivity index (χ2v) is 2.80. The lowest BCUT2D eigenvalue weighted by Crippen LogP contribution is -1.94. The molecule has 4 heteroatoms. The van der Waals surface area contributed by atoms with Crippen molar-refractivity contribution < 1.29 is 4.52 Å². The number of H-pyrrole nitrogens is 1. The van der Waals surface area contributed by atoms with E-state index in [0.717, 1.165) is 11.1 Å². The third-order valence-electron chi connectivity index (χ3n) is 1.73. The summed E-state index contributed by atoms with van der Waals surface area (Å²) in [4.78, 5) is 14.3. The van der Waals surface area contributed by atoms with Crippen molar-refractivity contribution in [3.8, 4) is 11.4 Å². The summed E-state index contributed by atoms with van der Waals surface area (Å²) in [5.41, 5.74) is 1.96. The summed E-state index contributed by atoms with van der Waals surface area (Å²) >= 11 is 0. The quantitative estimate of drug-likeness (QED) is 0.713. The summed E-state index contributed by atoms with van der Waals surface area (Å²) < 4.78 is 4.47. The maximum atomic E-state index is 10.6. The molecule has 13 heavy (non-hydrogen) atoms. The molecule has 1 aromatic heterocycles. The lowest BCUT2D eigenvalue weighted by Gasteiger charge is -1.95. The zero-order chi connectivity index (χ0) is 9.26. The molecule has 0 aliphatic heterocycles. The molecule has 0 spiro atoms. The van der Waals surface area contributed by atoms with Crippen molar-refractivity contribution in [1.29, 1.82) is 0 Å². The maximum Gasteiger partial charge on any atom is 0.460 e. The molecule has 1 N–H and O–H groups in total. The molecule has 2 rings (SSSR count). The summed E-state index contributed by atoms with van der Waals surface area (Å²) in [7, 11) is 0. The topological polar surface area (TPSA) is 58.9 Å². The zero-order valence-corrected chi connectivity index (χ0v) is 7.07. The van der Waals surface area contributed by atoms with E-state index in [4.69, 9.17) is 0 Å². The molecule has 0 bridgehead atoms. The van der Waals surface area contributed by atoms with E-state index >= 15 is 0 Å². The van der Waals surface area contributed by atoms with Crippen molar-refractivity contribution in [2.45, 2.75) is 6.92 Å². The van der Waals surface area contributed by atoms with Gasteiger partial charge >= 0.3 is 5.76 Å². The fourth-order valence-electron chi connectivity index (χ4n) is 1.14. The highest BCUT2D eigenvalue weighted by molar-refractivity contribution is 5.54. The van der Waals surface area contributed by atoms with Gasteiger partial charge in [0.25, 0.3) is 0 Å². The van der Waals surface area contributed by atoms with E-state index in [-0.39, 0.29) is 0 Å². The van der Waals surface area contributed by atoms with Crippen molar-refractivity contribution in [3.05, 3.63) is 40.4 Å². The first kappa shape index (κ1) is 7.79. The smallest absolute Gasteiger partial charge is 0.321 e. The normalized spacial score (nSPS) is 10.2. The van der Waals surface area contributed by atoms with Crippen LogP contribution in [0.3, 0.4) is 0 Å². The van der Waals surface area contributed by atoms with E-state index in [1.54, 1.807) is 0 Å². The molecule has 4 nitrogen and oxygen atoms in total. The number of rotatable bonds is 1. The number of benzene rings is 1. The number of aromatic nitrogens is 2. The van der Waals surface area contributed by atoms with E-state index in [1.807, 2.05) is 31.2 Å². The van der Waals surface area contributed by atoms with Crippen LogP contribution in [0.15, 0.2) is 33.6 Å². The van der Waals surface area contributed by atoms with Gasteiger partial charge in [-0.2, -0.15) is 10.1 Å². The molecular weight excluding hydrogens is 168 g/mol. The summed E-state index contributed by atoms with van der Waals surface area (Å²) in [6.45, 7) is 1.97. The molecule has 0 radical (unpaired) electrons. The van der Waals surface area contributed by atoms with Crippen molar-refractivity contribution in [2.75, 3.05) is 0 Å². The summed E-state index contributed by atoms with van der Waals surface area (Å²) in [5, 5.41) is 2.45. The van der Waals surface area contributed by atoms with Gasteiger partial charge in [-0.3, -0.25) is 0 Å². The number of hydrogen-bond donors (Lipinski definition) is 1. The van der Waals surface area contributed by atoms with Gasteiger partial charge in [0.15, 0.2) is 5.82 Å². The molecule has 0 fully saturated rings. The summed E-state index contributed by atoms with van der Waals surface area (Å²) in [5.74, 6) is -0.134. The van der Waals surface area contributed by atoms with E-state index < -0.39 is 5.76 Å². The molecule has 1 heterocycles. The van der Waals surface area contributed by atoms with Crippen LogP contribution in [-0.2, 0) is 0 Å². The molecule has 0 aliphatic carbocycles. The fourth-order valence-corrected chi connectivity index (χ4v) is 1.14. The van der Waals surface area contributed by atoms with E-state index in [9.17, 15) is 4.79 Å². The van der Waals surface area contributed by atoms with Crippen LogP contribution < -0.4 is 5.76 Å². The van der Waals surface area contributed by atoms with Gasteiger partial charge < -0.3 is 4.52 Å². The van der Waals surface area contributed by atoms with Gasteiger partial charge in [0.05, 0.1) is 0 Å². The second kappa shape index (κ2) is 2.90. The Hall–Kier alpha value is -1.84. The van der Waals surface area contributed by atoms with E-state index in [1.165, 1.54) is 0 Å². The molecule has 1 aromatic carbocycles. The minimum absolute atomic E-state index is 0.466. The molecule has 0 saturated carbocycles. The van der Waals surface area contributed by atoms with Crippen molar-refractivity contribution in [1.82, 2.24) is 10.1 Å². The van der Waals surface area contributed by atoms with Crippen LogP contribution in [0.4, 0.5) is 0 Å². The molecule has 0 atom stereocenters. The average molecular weight is 176 g/mol. The molecule has 0 unspecified atom stereocenters. The monoisotopic (exact) mass is 176 g/mol. The van der Waals surface area contributed by atoms with Gasteiger partial charge in [0, 0.05) is 5.56 Å². The van der Waals surface area contributed by atoms with E-state index in [0.29, 0.717) is 5.82 Å². The highest BCUT2D eigenvalue weighted by Gasteiger charge is 2.02. The lowest BCUT2D eigenvalue weighted by atomic mass is 10.1. The Morgan fingerprint density at radius 3 is 2.92 bits per heavy atom. The van der Waals surface area contributed by atoms with Gasteiger partial charge in [0.2, 0.25) is 0 Å². The number of nitrogens with one attached hydrogen (secondary N) is 1. The Bertz CT molecular complexity index is 470. The van der Waals surface area contributed by atoms with Crippen LogP contribution >= 0.6 is 0 Å². The Morgan fingerprint density at radius 2 is 2.31 bits per heavy atom. The largest absolute Gasteiger partial charge is 0.460 e. The third-order valence-corrected chi connectivity index (χ3v) is 1.73. The number of hydrogen-bond acceptors (Lipinski definition) is 3. The van der Waals surface area contributed by atoms with Crippen LogP contribution in [-0.4, -0.2) is 10.1 Å². The van der Waals surface area contributed by atoms with Gasteiger partial charge in [-0.05, 0) is 13.0 Å². The molecule has 2 aromatic rings. The Labute approximate surface area is 74.2 Å². The average Bonchev–Trinajstić information content (AvgIpc) is 2.52. The van der Waals surface area contributed by atoms with Crippen LogP contribution in [0.2, 0.25) is 0 Å². The maximum absolute atomic E-state index is 10.6. The molecule has 0 saturated heterocycles. The highest BCUT2D eigenvalue weighted by Crippen LogP contribution is 2.13. The van der Waals surface area contributed by atoms with Gasteiger partial charge in [-0.1, -0.05) is 23.8 Å². The van der Waals surface area contributed by atoms with Crippen molar-refractivity contribution in [3.63, 3.8) is 0 Å². The molecule has 66 valence electrons. The van der Waals surface area contributed by atoms with Crippen LogP contribution in [0, 0.1) is 6.92 Å². The SMILES string of the molecule is Cc1cccc(-c2nc(=O)o[nH]2)c1. The van der Waals surface area contributed by atoms with Gasteiger partial charge in [-0.15, -0.1) is 0 Å². The number of aryl methyl sites for hydroxylation is 1. The summed E-state index contributed by atoms with van der Waals surface area (Å²) in [6, 6.07) is 7.66. The van der Waals surface area contributed by atoms with Crippen molar-refractivity contribution >= 4 is 0 Å². The van der Waals surface area contributed by atoms with Crippen LogP contribution in [0.25, 0.3) is 11.4 Å².